The molecule has 2 aliphatic carbocycles. The van der Waals surface area contributed by atoms with Crippen LogP contribution in [0.4, 0.5) is 0 Å². The molecule has 1 N–H and O–H groups in total. The molecule has 0 amide bonds. The molecule has 0 heterocycles. The Kier molecular flexibility index (Phi) is 4.69. The van der Waals surface area contributed by atoms with Crippen molar-refractivity contribution in [3.8, 4) is 0 Å². The molecule has 2 saturated carbocycles. The van der Waals surface area contributed by atoms with Gasteiger partial charge >= 0.3 is 5.97 Å². The molecular formula is C16H28O2. The van der Waals surface area contributed by atoms with Gasteiger partial charge in [-0.25, -0.2) is 0 Å². The van der Waals surface area contributed by atoms with Gasteiger partial charge in [-0.2, -0.15) is 0 Å². The summed E-state index contributed by atoms with van der Waals surface area (Å²) in [6.07, 6.45) is 12.6. The smallest absolute Gasteiger partial charge is 0.309 e. The van der Waals surface area contributed by atoms with Gasteiger partial charge in [0.25, 0.3) is 0 Å². The van der Waals surface area contributed by atoms with Gasteiger partial charge in [-0.3, -0.25) is 4.79 Å². The summed E-state index contributed by atoms with van der Waals surface area (Å²) in [5, 5.41) is 9.82. The van der Waals surface area contributed by atoms with Crippen molar-refractivity contribution in [1.82, 2.24) is 0 Å². The van der Waals surface area contributed by atoms with Crippen molar-refractivity contribution < 1.29 is 9.90 Å². The van der Waals surface area contributed by atoms with E-state index in [-0.39, 0.29) is 5.41 Å². The van der Waals surface area contributed by atoms with E-state index in [2.05, 4.69) is 6.92 Å². The first-order valence-electron chi connectivity index (χ1n) is 7.88. The second kappa shape index (κ2) is 6.08. The van der Waals surface area contributed by atoms with Crippen LogP contribution < -0.4 is 0 Å². The summed E-state index contributed by atoms with van der Waals surface area (Å²) < 4.78 is 0. The Morgan fingerprint density at radius 2 is 1.44 bits per heavy atom. The number of hydrogen-bond acceptors (Lipinski definition) is 1. The van der Waals surface area contributed by atoms with Crippen molar-refractivity contribution in [3.63, 3.8) is 0 Å². The molecule has 2 fully saturated rings. The summed E-state index contributed by atoms with van der Waals surface area (Å²) in [5.41, 5.74) is -0.374. The average Bonchev–Trinajstić information content (AvgIpc) is 2.30. The summed E-state index contributed by atoms with van der Waals surface area (Å²) in [5.74, 6) is 0.758. The van der Waals surface area contributed by atoms with Gasteiger partial charge in [-0.05, 0) is 37.5 Å². The monoisotopic (exact) mass is 252 g/mol. The van der Waals surface area contributed by atoms with E-state index in [1.54, 1.807) is 0 Å². The molecule has 2 aliphatic rings. The molecule has 0 saturated heterocycles. The van der Waals surface area contributed by atoms with E-state index in [0.717, 1.165) is 44.4 Å². The fourth-order valence-corrected chi connectivity index (χ4v) is 4.15. The minimum absolute atomic E-state index is 0.374. The van der Waals surface area contributed by atoms with Crippen LogP contribution >= 0.6 is 0 Å². The zero-order chi connectivity index (χ0) is 13.0. The van der Waals surface area contributed by atoms with Crippen LogP contribution in [0.1, 0.15) is 77.6 Å². The molecule has 0 atom stereocenters. The maximum Gasteiger partial charge on any atom is 0.309 e. The lowest BCUT2D eigenvalue weighted by atomic mass is 9.62. The molecule has 0 aromatic heterocycles. The zero-order valence-electron chi connectivity index (χ0n) is 11.8. The van der Waals surface area contributed by atoms with Crippen LogP contribution in [-0.4, -0.2) is 11.1 Å². The Balaban J connectivity index is 2.11. The number of carbonyl (C=O) groups is 1. The molecule has 18 heavy (non-hydrogen) atoms. The molecule has 0 radical (unpaired) electrons. The number of rotatable bonds is 2. The minimum atomic E-state index is -0.496. The summed E-state index contributed by atoms with van der Waals surface area (Å²) >= 11 is 0. The first-order chi connectivity index (χ1) is 8.65. The highest BCUT2D eigenvalue weighted by Crippen LogP contribution is 2.48. The van der Waals surface area contributed by atoms with Gasteiger partial charge in [0.2, 0.25) is 0 Å². The van der Waals surface area contributed by atoms with Crippen molar-refractivity contribution in [2.24, 2.45) is 17.3 Å². The van der Waals surface area contributed by atoms with E-state index in [1.165, 1.54) is 32.1 Å². The van der Waals surface area contributed by atoms with Gasteiger partial charge in [-0.15, -0.1) is 0 Å². The largest absolute Gasteiger partial charge is 0.481 e. The lowest BCUT2D eigenvalue weighted by molar-refractivity contribution is -0.156. The second-order valence-corrected chi connectivity index (χ2v) is 6.69. The van der Waals surface area contributed by atoms with Crippen LogP contribution in [0.25, 0.3) is 0 Å². The fraction of sp³-hybridized carbons (Fsp3) is 0.938. The molecule has 0 aromatic carbocycles. The van der Waals surface area contributed by atoms with Gasteiger partial charge in [0.05, 0.1) is 5.41 Å². The molecular weight excluding hydrogens is 224 g/mol. The van der Waals surface area contributed by atoms with Crippen LogP contribution in [0.15, 0.2) is 0 Å². The topological polar surface area (TPSA) is 37.3 Å². The molecule has 0 bridgehead atoms. The van der Waals surface area contributed by atoms with Crippen LogP contribution in [-0.2, 0) is 4.79 Å². The molecule has 0 aliphatic heterocycles. The van der Waals surface area contributed by atoms with Gasteiger partial charge in [0.1, 0.15) is 0 Å². The zero-order valence-corrected chi connectivity index (χ0v) is 11.8. The molecule has 104 valence electrons. The number of hydrogen-bond donors (Lipinski definition) is 1. The number of aliphatic carboxylic acids is 1. The number of carboxylic acids is 1. The summed E-state index contributed by atoms with van der Waals surface area (Å²) in [4.78, 5) is 11.9. The Morgan fingerprint density at radius 3 is 1.94 bits per heavy atom. The highest BCUT2D eigenvalue weighted by atomic mass is 16.4. The van der Waals surface area contributed by atoms with Crippen LogP contribution in [0.5, 0.6) is 0 Å². The maximum absolute atomic E-state index is 11.9. The van der Waals surface area contributed by atoms with Crippen LogP contribution in [0.3, 0.4) is 0 Å². The van der Waals surface area contributed by atoms with Gasteiger partial charge in [0.15, 0.2) is 0 Å². The van der Waals surface area contributed by atoms with Crippen molar-refractivity contribution in [3.05, 3.63) is 0 Å². The van der Waals surface area contributed by atoms with E-state index < -0.39 is 5.97 Å². The lowest BCUT2D eigenvalue weighted by Gasteiger charge is -2.41. The standard InChI is InChI=1S/C16H28O2/c1-13-7-9-14(10-8-13)16(15(17)18)11-5-3-2-4-6-12-16/h13-14H,2-12H2,1H3,(H,17,18). The van der Waals surface area contributed by atoms with E-state index in [9.17, 15) is 9.90 Å². The van der Waals surface area contributed by atoms with Crippen molar-refractivity contribution in [2.45, 2.75) is 77.6 Å². The summed E-state index contributed by atoms with van der Waals surface area (Å²) in [6, 6.07) is 0. The predicted octanol–water partition coefficient (Wildman–Crippen LogP) is 4.63. The summed E-state index contributed by atoms with van der Waals surface area (Å²) in [6.45, 7) is 2.31. The van der Waals surface area contributed by atoms with Gasteiger partial charge in [0, 0.05) is 0 Å². The molecule has 2 heteroatoms. The van der Waals surface area contributed by atoms with Crippen molar-refractivity contribution in [2.75, 3.05) is 0 Å². The Bertz CT molecular complexity index is 269. The number of carboxylic acid groups (broad SMARTS) is 1. The SMILES string of the molecule is CC1CCC(C2(C(=O)O)CCCCCCC2)CC1. The van der Waals surface area contributed by atoms with Gasteiger partial charge < -0.3 is 5.11 Å². The third-order valence-corrected chi connectivity index (χ3v) is 5.47. The molecule has 0 spiro atoms. The molecule has 0 unspecified atom stereocenters. The highest BCUT2D eigenvalue weighted by Gasteiger charge is 2.45. The highest BCUT2D eigenvalue weighted by molar-refractivity contribution is 5.75. The van der Waals surface area contributed by atoms with E-state index in [0.29, 0.717) is 5.92 Å². The third kappa shape index (κ3) is 2.89. The van der Waals surface area contributed by atoms with Crippen molar-refractivity contribution >= 4 is 5.97 Å². The lowest BCUT2D eigenvalue weighted by Crippen LogP contribution is -2.41. The second-order valence-electron chi connectivity index (χ2n) is 6.69. The predicted molar refractivity (Wildman–Crippen MR) is 73.5 cm³/mol. The average molecular weight is 252 g/mol. The summed E-state index contributed by atoms with van der Waals surface area (Å²) in [7, 11) is 0. The van der Waals surface area contributed by atoms with Crippen LogP contribution in [0, 0.1) is 17.3 Å². The first kappa shape index (κ1) is 13.9. The Hall–Kier alpha value is -0.530. The maximum atomic E-state index is 11.9. The minimum Gasteiger partial charge on any atom is -0.481 e. The van der Waals surface area contributed by atoms with Gasteiger partial charge in [-0.1, -0.05) is 51.9 Å². The Morgan fingerprint density at radius 1 is 0.944 bits per heavy atom. The molecule has 2 rings (SSSR count). The van der Waals surface area contributed by atoms with Crippen molar-refractivity contribution in [1.29, 1.82) is 0 Å². The molecule has 2 nitrogen and oxygen atoms in total. The normalized spacial score (nSPS) is 33.4. The quantitative estimate of drug-likeness (QED) is 0.778. The Labute approximate surface area is 111 Å². The third-order valence-electron chi connectivity index (χ3n) is 5.47. The van der Waals surface area contributed by atoms with Crippen LogP contribution in [0.2, 0.25) is 0 Å². The van der Waals surface area contributed by atoms with E-state index >= 15 is 0 Å². The van der Waals surface area contributed by atoms with E-state index in [4.69, 9.17) is 0 Å². The molecule has 0 aromatic rings. The fourth-order valence-electron chi connectivity index (χ4n) is 4.15. The first-order valence-corrected chi connectivity index (χ1v) is 7.88. The van der Waals surface area contributed by atoms with E-state index in [1.807, 2.05) is 0 Å².